The zero-order valence-corrected chi connectivity index (χ0v) is 10.4. The van der Waals surface area contributed by atoms with Crippen LogP contribution in [0.1, 0.15) is 39.0 Å². The van der Waals surface area contributed by atoms with Crippen molar-refractivity contribution in [3.05, 3.63) is 0 Å². The molecule has 1 amide bonds. The first-order chi connectivity index (χ1) is 8.11. The number of carboxylic acid groups (broad SMARTS) is 1. The van der Waals surface area contributed by atoms with Gasteiger partial charge in [0.15, 0.2) is 0 Å². The summed E-state index contributed by atoms with van der Waals surface area (Å²) in [7, 11) is 0. The summed E-state index contributed by atoms with van der Waals surface area (Å²) < 4.78 is 0. The quantitative estimate of drug-likeness (QED) is 0.600. The third kappa shape index (κ3) is 5.17. The number of nitrogens with one attached hydrogen (secondary N) is 2. The lowest BCUT2D eigenvalue weighted by molar-refractivity contribution is -0.141. The number of carbonyl (C=O) groups is 2. The Morgan fingerprint density at radius 3 is 2.82 bits per heavy atom. The van der Waals surface area contributed by atoms with Crippen molar-refractivity contribution in [3.8, 4) is 0 Å². The molecule has 0 saturated carbocycles. The fraction of sp³-hybridized carbons (Fsp3) is 0.833. The Balaban J connectivity index is 2.09. The Labute approximate surface area is 102 Å². The lowest BCUT2D eigenvalue weighted by Crippen LogP contribution is -2.46. The molecule has 0 aromatic heterocycles. The molecule has 0 bridgehead atoms. The van der Waals surface area contributed by atoms with Crippen LogP contribution in [0, 0.1) is 5.92 Å². The molecule has 98 valence electrons. The molecule has 1 aliphatic heterocycles. The molecule has 1 rings (SSSR count). The van der Waals surface area contributed by atoms with E-state index in [4.69, 9.17) is 5.11 Å². The van der Waals surface area contributed by atoms with E-state index in [0.717, 1.165) is 25.8 Å². The van der Waals surface area contributed by atoms with Crippen LogP contribution in [0.25, 0.3) is 0 Å². The molecule has 0 radical (unpaired) electrons. The average molecular weight is 242 g/mol. The molecule has 3 N–H and O–H groups in total. The zero-order valence-electron chi connectivity index (χ0n) is 10.4. The van der Waals surface area contributed by atoms with Gasteiger partial charge >= 0.3 is 5.97 Å². The number of carboxylic acids is 1. The van der Waals surface area contributed by atoms with Gasteiger partial charge in [-0.15, -0.1) is 0 Å². The predicted octanol–water partition coefficient (Wildman–Crippen LogP) is 0.746. The molecule has 0 aliphatic carbocycles. The SMILES string of the molecule is CC(CCCNC(=O)[C@@H]1CCCCN1)C(=O)O. The van der Waals surface area contributed by atoms with E-state index < -0.39 is 5.97 Å². The Kier molecular flexibility index (Phi) is 5.97. The third-order valence-electron chi connectivity index (χ3n) is 3.16. The topological polar surface area (TPSA) is 78.4 Å². The van der Waals surface area contributed by atoms with E-state index in [2.05, 4.69) is 10.6 Å². The molecule has 1 aliphatic rings. The molecule has 1 fully saturated rings. The van der Waals surface area contributed by atoms with E-state index in [1.54, 1.807) is 6.92 Å². The fourth-order valence-corrected chi connectivity index (χ4v) is 1.94. The van der Waals surface area contributed by atoms with Gasteiger partial charge in [0.1, 0.15) is 0 Å². The summed E-state index contributed by atoms with van der Waals surface area (Å²) in [4.78, 5) is 22.3. The highest BCUT2D eigenvalue weighted by atomic mass is 16.4. The molecule has 0 aromatic carbocycles. The lowest BCUT2D eigenvalue weighted by atomic mass is 10.0. The largest absolute Gasteiger partial charge is 0.481 e. The molecule has 2 atom stereocenters. The Hall–Kier alpha value is -1.10. The van der Waals surface area contributed by atoms with Gasteiger partial charge in [0, 0.05) is 6.54 Å². The summed E-state index contributed by atoms with van der Waals surface area (Å²) in [6.45, 7) is 3.16. The van der Waals surface area contributed by atoms with Crippen LogP contribution in [0.4, 0.5) is 0 Å². The van der Waals surface area contributed by atoms with Crippen LogP contribution < -0.4 is 10.6 Å². The molecular formula is C12H22N2O3. The summed E-state index contributed by atoms with van der Waals surface area (Å²) in [6.07, 6.45) is 4.46. The number of piperidine rings is 1. The zero-order chi connectivity index (χ0) is 12.7. The van der Waals surface area contributed by atoms with Gasteiger partial charge in [0.2, 0.25) is 5.91 Å². The normalized spacial score (nSPS) is 21.8. The Morgan fingerprint density at radius 2 is 2.24 bits per heavy atom. The van der Waals surface area contributed by atoms with Crippen molar-refractivity contribution in [3.63, 3.8) is 0 Å². The van der Waals surface area contributed by atoms with Crippen LogP contribution in [0.5, 0.6) is 0 Å². The van der Waals surface area contributed by atoms with Crippen molar-refractivity contribution in [1.82, 2.24) is 10.6 Å². The van der Waals surface area contributed by atoms with Gasteiger partial charge in [-0.3, -0.25) is 9.59 Å². The van der Waals surface area contributed by atoms with E-state index in [9.17, 15) is 9.59 Å². The van der Waals surface area contributed by atoms with Crippen LogP contribution in [-0.2, 0) is 9.59 Å². The average Bonchev–Trinajstić information content (AvgIpc) is 2.35. The first-order valence-corrected chi connectivity index (χ1v) is 6.35. The van der Waals surface area contributed by atoms with Crippen molar-refractivity contribution < 1.29 is 14.7 Å². The lowest BCUT2D eigenvalue weighted by Gasteiger charge is -2.22. The van der Waals surface area contributed by atoms with Crippen LogP contribution >= 0.6 is 0 Å². The first kappa shape index (κ1) is 14.0. The fourth-order valence-electron chi connectivity index (χ4n) is 1.94. The molecule has 1 unspecified atom stereocenters. The Morgan fingerprint density at radius 1 is 1.47 bits per heavy atom. The van der Waals surface area contributed by atoms with Gasteiger partial charge in [-0.05, 0) is 32.2 Å². The van der Waals surface area contributed by atoms with Gasteiger partial charge in [-0.2, -0.15) is 0 Å². The minimum atomic E-state index is -0.773. The summed E-state index contributed by atoms with van der Waals surface area (Å²) in [5.74, 6) is -1.06. The minimum Gasteiger partial charge on any atom is -0.481 e. The van der Waals surface area contributed by atoms with E-state index in [0.29, 0.717) is 19.4 Å². The molecule has 5 nitrogen and oxygen atoms in total. The van der Waals surface area contributed by atoms with Crippen LogP contribution in [0.15, 0.2) is 0 Å². The smallest absolute Gasteiger partial charge is 0.306 e. The highest BCUT2D eigenvalue weighted by molar-refractivity contribution is 5.81. The van der Waals surface area contributed by atoms with E-state index in [-0.39, 0.29) is 17.9 Å². The molecule has 0 spiro atoms. The maximum Gasteiger partial charge on any atom is 0.306 e. The van der Waals surface area contributed by atoms with E-state index >= 15 is 0 Å². The standard InChI is InChI=1S/C12H22N2O3/c1-9(12(16)17)5-4-8-14-11(15)10-6-2-3-7-13-10/h9-10,13H,2-8H2,1H3,(H,14,15)(H,16,17)/t9?,10-/m0/s1. The second-order valence-corrected chi connectivity index (χ2v) is 4.68. The predicted molar refractivity (Wildman–Crippen MR) is 64.7 cm³/mol. The van der Waals surface area contributed by atoms with E-state index in [1.165, 1.54) is 0 Å². The number of hydrogen-bond donors (Lipinski definition) is 3. The maximum absolute atomic E-state index is 11.7. The van der Waals surface area contributed by atoms with Crippen molar-refractivity contribution in [1.29, 1.82) is 0 Å². The number of hydrogen-bond acceptors (Lipinski definition) is 3. The molecule has 1 heterocycles. The van der Waals surface area contributed by atoms with Crippen molar-refractivity contribution in [2.45, 2.75) is 45.1 Å². The van der Waals surface area contributed by atoms with Crippen LogP contribution in [0.3, 0.4) is 0 Å². The monoisotopic (exact) mass is 242 g/mol. The summed E-state index contributed by atoms with van der Waals surface area (Å²) in [5, 5.41) is 14.7. The summed E-state index contributed by atoms with van der Waals surface area (Å²) in [5.41, 5.74) is 0. The van der Waals surface area contributed by atoms with Crippen molar-refractivity contribution >= 4 is 11.9 Å². The molecular weight excluding hydrogens is 220 g/mol. The van der Waals surface area contributed by atoms with E-state index in [1.807, 2.05) is 0 Å². The first-order valence-electron chi connectivity index (χ1n) is 6.35. The summed E-state index contributed by atoms with van der Waals surface area (Å²) >= 11 is 0. The van der Waals surface area contributed by atoms with Crippen LogP contribution in [0.2, 0.25) is 0 Å². The molecule has 1 saturated heterocycles. The number of carbonyl (C=O) groups excluding carboxylic acids is 1. The number of amides is 1. The van der Waals surface area contributed by atoms with Gasteiger partial charge in [-0.25, -0.2) is 0 Å². The van der Waals surface area contributed by atoms with Crippen molar-refractivity contribution in [2.24, 2.45) is 5.92 Å². The Bertz CT molecular complexity index is 262. The molecule has 0 aromatic rings. The van der Waals surface area contributed by atoms with Gasteiger partial charge in [-0.1, -0.05) is 13.3 Å². The number of aliphatic carboxylic acids is 1. The van der Waals surface area contributed by atoms with Crippen molar-refractivity contribution in [2.75, 3.05) is 13.1 Å². The second-order valence-electron chi connectivity index (χ2n) is 4.68. The second kappa shape index (κ2) is 7.27. The highest BCUT2D eigenvalue weighted by Gasteiger charge is 2.19. The maximum atomic E-state index is 11.7. The van der Waals surface area contributed by atoms with Gasteiger partial charge in [0.25, 0.3) is 0 Å². The van der Waals surface area contributed by atoms with Crippen LogP contribution in [-0.4, -0.2) is 36.1 Å². The summed E-state index contributed by atoms with van der Waals surface area (Å²) in [6, 6.07) is -0.0550. The van der Waals surface area contributed by atoms with Gasteiger partial charge < -0.3 is 15.7 Å². The molecule has 5 heteroatoms. The minimum absolute atomic E-state index is 0.0488. The highest BCUT2D eigenvalue weighted by Crippen LogP contribution is 2.07. The van der Waals surface area contributed by atoms with Gasteiger partial charge in [0.05, 0.1) is 12.0 Å². The third-order valence-corrected chi connectivity index (χ3v) is 3.16. The molecule has 17 heavy (non-hydrogen) atoms. The number of rotatable bonds is 6.